The predicted octanol–water partition coefficient (Wildman–Crippen LogP) is 4.66. The number of imidazole rings is 1. The number of carbonyl (C=O) groups is 2. The first-order chi connectivity index (χ1) is 18.8. The van der Waals surface area contributed by atoms with E-state index in [9.17, 15) is 18.4 Å². The van der Waals surface area contributed by atoms with E-state index < -0.39 is 37.0 Å². The molecule has 192 valence electrons. The summed E-state index contributed by atoms with van der Waals surface area (Å²) in [5.41, 5.74) is 1.57. The van der Waals surface area contributed by atoms with Crippen molar-refractivity contribution in [2.75, 3.05) is 13.5 Å². The molecule has 2 aliphatic heterocycles. The van der Waals surface area contributed by atoms with Gasteiger partial charge in [-0.2, -0.15) is 8.78 Å². The minimum absolute atomic E-state index is 0.00234. The highest BCUT2D eigenvalue weighted by atomic mass is 19.3. The van der Waals surface area contributed by atoms with Crippen molar-refractivity contribution in [3.63, 3.8) is 0 Å². The molecule has 2 amide bonds. The first-order valence-corrected chi connectivity index (χ1v) is 12.0. The van der Waals surface area contributed by atoms with Gasteiger partial charge in [0.15, 0.2) is 0 Å². The van der Waals surface area contributed by atoms with Gasteiger partial charge in [-0.3, -0.25) is 9.59 Å². The van der Waals surface area contributed by atoms with Crippen LogP contribution in [0.5, 0.6) is 5.75 Å². The molecule has 9 heteroatoms. The molecule has 2 aliphatic rings. The third-order valence-corrected chi connectivity index (χ3v) is 6.60. The van der Waals surface area contributed by atoms with Crippen LogP contribution in [0, 0.1) is 17.3 Å². The van der Waals surface area contributed by atoms with Crippen molar-refractivity contribution in [2.24, 2.45) is 5.41 Å². The molecular formula is C28H28F2N4O3. The molecule has 7 nitrogen and oxygen atoms in total. The van der Waals surface area contributed by atoms with E-state index in [1.807, 2.05) is 20.8 Å². The van der Waals surface area contributed by atoms with Gasteiger partial charge in [-0.15, -0.1) is 0 Å². The normalized spacial score (nSPS) is 19.8. The topological polar surface area (TPSA) is 76.5 Å². The van der Waals surface area contributed by atoms with Gasteiger partial charge in [-0.1, -0.05) is 38.7 Å². The van der Waals surface area contributed by atoms with Crippen LogP contribution < -0.4 is 10.1 Å². The predicted molar refractivity (Wildman–Crippen MR) is 134 cm³/mol. The van der Waals surface area contributed by atoms with Crippen LogP contribution in [0.25, 0.3) is 11.0 Å². The molecule has 2 atom stereocenters. The van der Waals surface area contributed by atoms with Crippen LogP contribution in [0.15, 0.2) is 36.4 Å². The zero-order valence-electron chi connectivity index (χ0n) is 23.6. The van der Waals surface area contributed by atoms with E-state index in [2.05, 4.69) is 22.1 Å². The fraction of sp³-hybridized carbons (Fsp3) is 0.393. The van der Waals surface area contributed by atoms with Crippen LogP contribution in [0.1, 0.15) is 77.1 Å². The molecule has 5 rings (SSSR count). The number of halogens is 2. The first-order valence-electron chi connectivity index (χ1n) is 13.5. The Labute approximate surface area is 218 Å². The van der Waals surface area contributed by atoms with E-state index in [1.54, 1.807) is 22.8 Å². The number of nitrogens with zero attached hydrogens (tertiary/aromatic N) is 3. The fourth-order valence-corrected chi connectivity index (χ4v) is 4.85. The number of nitrogens with one attached hydrogen (secondary N) is 1. The van der Waals surface area contributed by atoms with Gasteiger partial charge in [0.2, 0.25) is 5.91 Å². The van der Waals surface area contributed by atoms with Crippen molar-refractivity contribution in [1.29, 1.82) is 0 Å². The second kappa shape index (κ2) is 9.18. The quantitative estimate of drug-likeness (QED) is 0.410. The lowest BCUT2D eigenvalue weighted by Gasteiger charge is -2.24. The third kappa shape index (κ3) is 4.41. The van der Waals surface area contributed by atoms with Crippen LogP contribution in [0.3, 0.4) is 0 Å². The maximum absolute atomic E-state index is 13.5. The minimum atomic E-state index is -3.13. The number of aromatic nitrogens is 2. The molecule has 0 aliphatic carbocycles. The second-order valence-electron chi connectivity index (χ2n) is 10.1. The molecule has 37 heavy (non-hydrogen) atoms. The monoisotopic (exact) mass is 509 g/mol. The van der Waals surface area contributed by atoms with Gasteiger partial charge in [0.05, 0.1) is 23.1 Å². The molecule has 0 saturated carbocycles. The summed E-state index contributed by atoms with van der Waals surface area (Å²) in [5, 5.41) is 2.85. The van der Waals surface area contributed by atoms with E-state index in [1.165, 1.54) is 18.2 Å². The number of hydrogen-bond acceptors (Lipinski definition) is 4. The molecule has 1 N–H and O–H groups in total. The van der Waals surface area contributed by atoms with E-state index in [0.717, 1.165) is 4.90 Å². The summed E-state index contributed by atoms with van der Waals surface area (Å²) in [6, 6.07) is 7.96. The molecule has 1 aromatic heterocycles. The molecular weight excluding hydrogens is 478 g/mol. The lowest BCUT2D eigenvalue weighted by molar-refractivity contribution is -0.128. The number of carbonyl (C=O) groups excluding carboxylic acids is 2. The number of benzene rings is 2. The molecule has 2 aromatic carbocycles. The molecule has 3 aromatic rings. The van der Waals surface area contributed by atoms with Crippen LogP contribution in [-0.4, -0.2) is 46.4 Å². The van der Waals surface area contributed by atoms with Gasteiger partial charge < -0.3 is 19.5 Å². The highest BCUT2D eigenvalue weighted by Gasteiger charge is 2.45. The summed E-state index contributed by atoms with van der Waals surface area (Å²) in [7, 11) is 0. The molecule has 3 heterocycles. The van der Waals surface area contributed by atoms with Gasteiger partial charge in [0.25, 0.3) is 5.91 Å². The number of alkyl halides is 2. The van der Waals surface area contributed by atoms with Crippen molar-refractivity contribution in [3.05, 3.63) is 58.9 Å². The Morgan fingerprint density at radius 3 is 2.84 bits per heavy atom. The van der Waals surface area contributed by atoms with Gasteiger partial charge in [0.1, 0.15) is 11.6 Å². The molecule has 0 saturated heterocycles. The Hall–Kier alpha value is -3.93. The van der Waals surface area contributed by atoms with Crippen LogP contribution in [0.4, 0.5) is 8.78 Å². The zero-order valence-corrected chi connectivity index (χ0v) is 20.6. The van der Waals surface area contributed by atoms with Crippen LogP contribution in [0.2, 0.25) is 0 Å². The second-order valence-corrected chi connectivity index (χ2v) is 10.1. The average Bonchev–Trinajstić information content (AvgIpc) is 3.35. The van der Waals surface area contributed by atoms with Crippen molar-refractivity contribution in [2.45, 2.75) is 52.3 Å². The van der Waals surface area contributed by atoms with Crippen LogP contribution in [-0.2, 0) is 4.79 Å². The first kappa shape index (κ1) is 21.2. The number of fused-ring (bicyclic) bond motifs is 9. The Bertz CT molecular complexity index is 1570. The largest absolute Gasteiger partial charge is 0.434 e. The Balaban J connectivity index is 1.56. The average molecular weight is 510 g/mol. The Kier molecular flexibility index (Phi) is 5.26. The third-order valence-electron chi connectivity index (χ3n) is 6.60. The maximum atomic E-state index is 13.5. The molecule has 0 unspecified atom stereocenters. The number of hydrogen-bond donors (Lipinski definition) is 1. The van der Waals surface area contributed by atoms with E-state index >= 15 is 0 Å². The standard InChI is InChI=1S/C28H28F2N4O3/c1-28(2,3)26(36)31-13-6-5-8-16-11-12-18-19(14-16)34-20-15-21(24(34)32-18)33(4)25(35)17-9-7-10-22(23(17)20)37-27(29)30/h7,9-12,14,20-21,27H,6,13,15H2,1-4H3,(H,31,36)/t20-,21-/m1/s1/i4D3. The number of amides is 2. The van der Waals surface area contributed by atoms with E-state index in [4.69, 9.17) is 8.85 Å². The van der Waals surface area contributed by atoms with Gasteiger partial charge >= 0.3 is 6.61 Å². The van der Waals surface area contributed by atoms with E-state index in [0.29, 0.717) is 35.4 Å². The Morgan fingerprint density at radius 2 is 2.11 bits per heavy atom. The molecule has 2 bridgehead atoms. The van der Waals surface area contributed by atoms with Gasteiger partial charge in [0, 0.05) is 52.6 Å². The van der Waals surface area contributed by atoms with Crippen molar-refractivity contribution in [1.82, 2.24) is 19.8 Å². The van der Waals surface area contributed by atoms with E-state index in [-0.39, 0.29) is 29.2 Å². The smallest absolute Gasteiger partial charge is 0.387 e. The lowest BCUT2D eigenvalue weighted by Crippen LogP contribution is -2.35. The summed E-state index contributed by atoms with van der Waals surface area (Å²) in [4.78, 5) is 31.0. The van der Waals surface area contributed by atoms with Crippen LogP contribution >= 0.6 is 0 Å². The number of rotatable bonds is 4. The van der Waals surface area contributed by atoms with Gasteiger partial charge in [-0.25, -0.2) is 4.98 Å². The summed E-state index contributed by atoms with van der Waals surface area (Å²) in [6.07, 6.45) is 0.578. The maximum Gasteiger partial charge on any atom is 0.387 e. The zero-order chi connectivity index (χ0) is 29.0. The highest BCUT2D eigenvalue weighted by Crippen LogP contribution is 2.49. The molecule has 0 spiro atoms. The lowest BCUT2D eigenvalue weighted by atomic mass is 9.96. The van der Waals surface area contributed by atoms with Crippen molar-refractivity contribution >= 4 is 22.8 Å². The summed E-state index contributed by atoms with van der Waals surface area (Å²) < 4.78 is 57.6. The minimum Gasteiger partial charge on any atom is -0.434 e. The summed E-state index contributed by atoms with van der Waals surface area (Å²) >= 11 is 0. The molecule has 0 fully saturated rings. The van der Waals surface area contributed by atoms with Crippen molar-refractivity contribution < 1.29 is 27.2 Å². The molecule has 0 radical (unpaired) electrons. The van der Waals surface area contributed by atoms with Gasteiger partial charge in [-0.05, 0) is 30.3 Å². The summed E-state index contributed by atoms with van der Waals surface area (Å²) in [6.45, 7) is -0.0240. The summed E-state index contributed by atoms with van der Waals surface area (Å²) in [5.74, 6) is 5.45. The SMILES string of the molecule is [2H]C([2H])([2H])N1C(=O)c2cccc(OC(F)F)c2[C@H]2C[C@@H]1c1nc3ccc(C#CCCNC(=O)C(C)(C)C)cc3n12. The Morgan fingerprint density at radius 1 is 1.30 bits per heavy atom. The highest BCUT2D eigenvalue weighted by molar-refractivity contribution is 5.97. The number of ether oxygens (including phenoxy) is 1. The van der Waals surface area contributed by atoms with Crippen molar-refractivity contribution in [3.8, 4) is 17.6 Å². The fourth-order valence-electron chi connectivity index (χ4n) is 4.85.